The summed E-state index contributed by atoms with van der Waals surface area (Å²) in [5.74, 6) is -0.858. The molecule has 35 heavy (non-hydrogen) atoms. The number of rotatable bonds is 6. The number of carbonyl (C=O) groups excluding carboxylic acids is 2. The number of nitrogens with zero attached hydrogens (tertiary/aromatic N) is 4. The predicted molar refractivity (Wildman–Crippen MR) is 129 cm³/mol. The summed E-state index contributed by atoms with van der Waals surface area (Å²) in [6.07, 6.45) is 3.97. The van der Waals surface area contributed by atoms with Crippen molar-refractivity contribution in [1.29, 1.82) is 0 Å². The molecule has 0 bridgehead atoms. The van der Waals surface area contributed by atoms with E-state index in [0.717, 1.165) is 0 Å². The third kappa shape index (κ3) is 5.18. The molecular weight excluding hydrogens is 497 g/mol. The molecule has 0 unspecified atom stereocenters. The third-order valence-corrected chi connectivity index (χ3v) is 6.46. The van der Waals surface area contributed by atoms with Crippen molar-refractivity contribution in [1.82, 2.24) is 19.6 Å². The minimum Gasteiger partial charge on any atom is -0.486 e. The van der Waals surface area contributed by atoms with Gasteiger partial charge in [0.2, 0.25) is 5.75 Å². The van der Waals surface area contributed by atoms with E-state index in [0.29, 0.717) is 53.1 Å². The third-order valence-electron chi connectivity index (χ3n) is 5.72. The van der Waals surface area contributed by atoms with Gasteiger partial charge in [-0.05, 0) is 38.0 Å². The first-order valence-corrected chi connectivity index (χ1v) is 11.7. The summed E-state index contributed by atoms with van der Waals surface area (Å²) in [5.41, 5.74) is 0.110. The summed E-state index contributed by atoms with van der Waals surface area (Å²) in [5, 5.41) is 6.81. The van der Waals surface area contributed by atoms with Crippen molar-refractivity contribution < 1.29 is 18.8 Å². The number of aromatic nitrogens is 3. The van der Waals surface area contributed by atoms with Gasteiger partial charge in [-0.25, -0.2) is 4.98 Å². The summed E-state index contributed by atoms with van der Waals surface area (Å²) in [7, 11) is 1.58. The first-order chi connectivity index (χ1) is 16.8. The molecular formula is C23H23Cl2N5O5. The maximum absolute atomic E-state index is 13.1. The lowest BCUT2D eigenvalue weighted by Crippen LogP contribution is -2.41. The van der Waals surface area contributed by atoms with E-state index in [4.69, 9.17) is 32.5 Å². The molecule has 0 spiro atoms. The Kier molecular flexibility index (Phi) is 7.42. The molecule has 10 nitrogen and oxygen atoms in total. The summed E-state index contributed by atoms with van der Waals surface area (Å²) >= 11 is 12.1. The molecule has 0 radical (unpaired) electrons. The molecule has 12 heteroatoms. The fourth-order valence-corrected chi connectivity index (χ4v) is 4.33. The second-order valence-corrected chi connectivity index (χ2v) is 8.85. The summed E-state index contributed by atoms with van der Waals surface area (Å²) in [4.78, 5) is 45.5. The molecule has 0 saturated carbocycles. The van der Waals surface area contributed by atoms with Gasteiger partial charge in [0.1, 0.15) is 17.8 Å². The number of halogens is 2. The van der Waals surface area contributed by atoms with Gasteiger partial charge in [0.25, 0.3) is 17.4 Å². The average molecular weight is 520 g/mol. The van der Waals surface area contributed by atoms with E-state index in [1.54, 1.807) is 31.0 Å². The molecule has 1 N–H and O–H groups in total. The van der Waals surface area contributed by atoms with Crippen molar-refractivity contribution in [3.63, 3.8) is 0 Å². The molecule has 1 aromatic carbocycles. The second-order valence-electron chi connectivity index (χ2n) is 8.03. The van der Waals surface area contributed by atoms with Gasteiger partial charge in [0.15, 0.2) is 5.69 Å². The summed E-state index contributed by atoms with van der Waals surface area (Å²) in [6, 6.07) is 4.74. The van der Waals surface area contributed by atoms with Crippen LogP contribution in [0.3, 0.4) is 0 Å². The van der Waals surface area contributed by atoms with E-state index < -0.39 is 11.5 Å². The highest BCUT2D eigenvalue weighted by molar-refractivity contribution is 6.42. The number of amides is 2. The zero-order valence-corrected chi connectivity index (χ0v) is 20.6. The first kappa shape index (κ1) is 24.7. The Hall–Kier alpha value is -3.37. The zero-order valence-electron chi connectivity index (χ0n) is 19.1. The van der Waals surface area contributed by atoms with Gasteiger partial charge in [-0.15, -0.1) is 0 Å². The van der Waals surface area contributed by atoms with E-state index in [2.05, 4.69) is 15.5 Å². The first-order valence-electron chi connectivity index (χ1n) is 11.0. The van der Waals surface area contributed by atoms with Crippen molar-refractivity contribution in [2.45, 2.75) is 25.7 Å². The van der Waals surface area contributed by atoms with Crippen LogP contribution < -0.4 is 15.6 Å². The van der Waals surface area contributed by atoms with Crippen LogP contribution in [0.25, 0.3) is 0 Å². The van der Waals surface area contributed by atoms with Crippen molar-refractivity contribution in [2.24, 2.45) is 7.05 Å². The van der Waals surface area contributed by atoms with Crippen LogP contribution in [-0.2, 0) is 7.05 Å². The summed E-state index contributed by atoms with van der Waals surface area (Å²) in [6.45, 7) is 2.75. The topological polar surface area (TPSA) is 120 Å². The van der Waals surface area contributed by atoms with Gasteiger partial charge in [-0.3, -0.25) is 19.0 Å². The summed E-state index contributed by atoms with van der Waals surface area (Å²) < 4.78 is 11.6. The fourth-order valence-electron chi connectivity index (χ4n) is 4.03. The van der Waals surface area contributed by atoms with Crippen LogP contribution in [0.4, 0.5) is 5.69 Å². The molecule has 184 valence electrons. The van der Waals surface area contributed by atoms with Gasteiger partial charge in [-0.1, -0.05) is 28.4 Å². The van der Waals surface area contributed by atoms with Crippen LogP contribution in [0.2, 0.25) is 10.0 Å². The van der Waals surface area contributed by atoms with Crippen LogP contribution in [0.15, 0.2) is 40.0 Å². The van der Waals surface area contributed by atoms with E-state index in [1.165, 1.54) is 23.1 Å². The molecule has 1 atom stereocenters. The van der Waals surface area contributed by atoms with Gasteiger partial charge in [0, 0.05) is 31.6 Å². The van der Waals surface area contributed by atoms with Crippen LogP contribution in [0.1, 0.15) is 52.4 Å². The van der Waals surface area contributed by atoms with Crippen LogP contribution >= 0.6 is 23.2 Å². The largest absolute Gasteiger partial charge is 0.486 e. The number of hydrogen-bond donors (Lipinski definition) is 1. The van der Waals surface area contributed by atoms with Crippen molar-refractivity contribution in [3.8, 4) is 5.75 Å². The molecule has 1 saturated heterocycles. The highest BCUT2D eigenvalue weighted by Crippen LogP contribution is 2.29. The molecule has 2 aromatic heterocycles. The van der Waals surface area contributed by atoms with E-state index in [-0.39, 0.29) is 29.9 Å². The average Bonchev–Trinajstić information content (AvgIpc) is 3.36. The monoisotopic (exact) mass is 519 g/mol. The Morgan fingerprint density at radius 2 is 2.09 bits per heavy atom. The molecule has 1 fully saturated rings. The number of anilines is 1. The smallest absolute Gasteiger partial charge is 0.296 e. The SMILES string of the molecule is CCOc1c(C(=O)Nc2cnoc2)nc([C@@H]2CCCN(C(=O)c3ccc(Cl)c(Cl)c3)C2)n(C)c1=O. The number of hydrogen-bond acceptors (Lipinski definition) is 7. The maximum Gasteiger partial charge on any atom is 0.296 e. The Labute approximate surface area is 210 Å². The Balaban J connectivity index is 1.65. The Morgan fingerprint density at radius 3 is 2.77 bits per heavy atom. The predicted octanol–water partition coefficient (Wildman–Crippen LogP) is 3.75. The van der Waals surface area contributed by atoms with Crippen LogP contribution in [-0.4, -0.2) is 51.1 Å². The zero-order chi connectivity index (χ0) is 25.1. The van der Waals surface area contributed by atoms with E-state index in [1.807, 2.05) is 0 Å². The second kappa shape index (κ2) is 10.5. The molecule has 3 aromatic rings. The molecule has 1 aliphatic rings. The quantitative estimate of drug-likeness (QED) is 0.526. The van der Waals surface area contributed by atoms with E-state index >= 15 is 0 Å². The fraction of sp³-hybridized carbons (Fsp3) is 0.348. The lowest BCUT2D eigenvalue weighted by Gasteiger charge is -2.33. The minimum atomic E-state index is -0.629. The highest BCUT2D eigenvalue weighted by Gasteiger charge is 2.31. The normalized spacial score (nSPS) is 15.7. The van der Waals surface area contributed by atoms with Crippen molar-refractivity contribution in [3.05, 3.63) is 68.1 Å². The highest BCUT2D eigenvalue weighted by atomic mass is 35.5. The number of piperidine rings is 1. The standard InChI is InChI=1S/C23H23Cl2N5O5/c1-3-34-19-18(21(31)27-15-10-26-35-12-15)28-20(29(2)23(19)33)14-5-4-8-30(11-14)22(32)13-6-7-16(24)17(25)9-13/h6-7,9-10,12,14H,3-5,8,11H2,1-2H3,(H,27,31)/t14-/m1/s1. The van der Waals surface area contributed by atoms with Gasteiger partial charge in [0.05, 0.1) is 22.8 Å². The minimum absolute atomic E-state index is 0.140. The van der Waals surface area contributed by atoms with Crippen molar-refractivity contribution >= 4 is 40.7 Å². The molecule has 0 aliphatic carbocycles. The molecule has 1 aliphatic heterocycles. The number of nitrogens with one attached hydrogen (secondary N) is 1. The lowest BCUT2D eigenvalue weighted by atomic mass is 9.96. The molecule has 2 amide bonds. The number of likely N-dealkylation sites (tertiary alicyclic amines) is 1. The van der Waals surface area contributed by atoms with Crippen LogP contribution in [0, 0.1) is 0 Å². The Morgan fingerprint density at radius 1 is 1.29 bits per heavy atom. The number of ether oxygens (including phenoxy) is 1. The molecule has 3 heterocycles. The van der Waals surface area contributed by atoms with Gasteiger partial charge < -0.3 is 19.5 Å². The van der Waals surface area contributed by atoms with Gasteiger partial charge >= 0.3 is 0 Å². The number of benzene rings is 1. The van der Waals surface area contributed by atoms with Gasteiger partial charge in [-0.2, -0.15) is 0 Å². The molecule has 4 rings (SSSR count). The maximum atomic E-state index is 13.1. The van der Waals surface area contributed by atoms with Crippen LogP contribution in [0.5, 0.6) is 5.75 Å². The number of carbonyl (C=O) groups is 2. The van der Waals surface area contributed by atoms with Crippen molar-refractivity contribution in [2.75, 3.05) is 25.0 Å². The lowest BCUT2D eigenvalue weighted by molar-refractivity contribution is 0.0702. The van der Waals surface area contributed by atoms with E-state index in [9.17, 15) is 14.4 Å². The Bertz CT molecular complexity index is 1310.